The van der Waals surface area contributed by atoms with E-state index in [-0.39, 0.29) is 16.9 Å². The smallest absolute Gasteiger partial charge is 0.157 e. The summed E-state index contributed by atoms with van der Waals surface area (Å²) in [7, 11) is 0. The lowest BCUT2D eigenvalue weighted by Gasteiger charge is -2.20. The summed E-state index contributed by atoms with van der Waals surface area (Å²) in [4.78, 5) is 0. The lowest BCUT2D eigenvalue weighted by Crippen LogP contribution is -2.08. The molecule has 0 aromatic heterocycles. The molecule has 0 spiro atoms. The van der Waals surface area contributed by atoms with Crippen molar-refractivity contribution in [1.29, 1.82) is 0 Å². The van der Waals surface area contributed by atoms with Crippen molar-refractivity contribution in [1.82, 2.24) is 0 Å². The van der Waals surface area contributed by atoms with Gasteiger partial charge in [-0.15, -0.1) is 6.58 Å². The Morgan fingerprint density at radius 3 is 2.50 bits per heavy atom. The van der Waals surface area contributed by atoms with Crippen molar-refractivity contribution in [3.05, 3.63) is 54.1 Å². The van der Waals surface area contributed by atoms with Crippen molar-refractivity contribution in [2.24, 2.45) is 5.41 Å². The van der Waals surface area contributed by atoms with E-state index in [4.69, 9.17) is 0 Å². The van der Waals surface area contributed by atoms with Gasteiger partial charge in [0.25, 0.3) is 0 Å². The van der Waals surface area contributed by atoms with Crippen molar-refractivity contribution in [3.8, 4) is 11.5 Å². The standard InChI is InChI=1S/C18H24O2/c1-5-18(4,11-6-7-14(2)3)12-10-15-8-9-16(19)17(20)13-15/h5,7-10,12-13,19-20H,1,6,11H2,2-4H3. The Morgan fingerprint density at radius 1 is 1.25 bits per heavy atom. The van der Waals surface area contributed by atoms with Crippen molar-refractivity contribution >= 4 is 6.08 Å². The van der Waals surface area contributed by atoms with Crippen LogP contribution in [0.15, 0.2) is 48.6 Å². The zero-order valence-corrected chi connectivity index (χ0v) is 12.6. The van der Waals surface area contributed by atoms with E-state index >= 15 is 0 Å². The van der Waals surface area contributed by atoms with E-state index in [1.54, 1.807) is 12.1 Å². The maximum atomic E-state index is 9.48. The molecule has 1 aromatic carbocycles. The Hall–Kier alpha value is -1.96. The number of phenols is 2. The summed E-state index contributed by atoms with van der Waals surface area (Å²) in [6.07, 6.45) is 10.2. The van der Waals surface area contributed by atoms with Gasteiger partial charge in [0.1, 0.15) is 0 Å². The quantitative estimate of drug-likeness (QED) is 0.562. The van der Waals surface area contributed by atoms with Crippen molar-refractivity contribution in [3.63, 3.8) is 0 Å². The number of aromatic hydroxyl groups is 2. The lowest BCUT2D eigenvalue weighted by molar-refractivity contribution is 0.403. The van der Waals surface area contributed by atoms with E-state index in [1.165, 1.54) is 11.6 Å². The first kappa shape index (κ1) is 16.1. The minimum Gasteiger partial charge on any atom is -0.504 e. The third-order valence-electron chi connectivity index (χ3n) is 3.36. The number of hydrogen-bond acceptors (Lipinski definition) is 2. The third-order valence-corrected chi connectivity index (χ3v) is 3.36. The van der Waals surface area contributed by atoms with Crippen LogP contribution < -0.4 is 0 Å². The largest absolute Gasteiger partial charge is 0.504 e. The van der Waals surface area contributed by atoms with E-state index in [1.807, 2.05) is 12.2 Å². The van der Waals surface area contributed by atoms with Crippen LogP contribution in [0.3, 0.4) is 0 Å². The van der Waals surface area contributed by atoms with Gasteiger partial charge in [0.15, 0.2) is 11.5 Å². The highest BCUT2D eigenvalue weighted by molar-refractivity contribution is 5.55. The fraction of sp³-hybridized carbons (Fsp3) is 0.333. The molecule has 0 fully saturated rings. The Kier molecular flexibility index (Phi) is 5.63. The van der Waals surface area contributed by atoms with Crippen LogP contribution in [0.1, 0.15) is 39.2 Å². The third kappa shape index (κ3) is 4.96. The topological polar surface area (TPSA) is 40.5 Å². The minimum atomic E-state index is -0.100. The molecule has 0 amide bonds. The molecule has 2 nitrogen and oxygen atoms in total. The zero-order valence-electron chi connectivity index (χ0n) is 12.6. The Balaban J connectivity index is 2.80. The molecule has 2 heteroatoms. The summed E-state index contributed by atoms with van der Waals surface area (Å²) in [5.41, 5.74) is 2.10. The van der Waals surface area contributed by atoms with Crippen molar-refractivity contribution in [2.45, 2.75) is 33.6 Å². The first-order valence-corrected chi connectivity index (χ1v) is 6.84. The molecule has 0 aliphatic heterocycles. The van der Waals surface area contributed by atoms with E-state index in [0.717, 1.165) is 18.4 Å². The molecule has 2 N–H and O–H groups in total. The van der Waals surface area contributed by atoms with Crippen LogP contribution in [0.2, 0.25) is 0 Å². The normalized spacial score (nSPS) is 13.9. The predicted octanol–water partition coefficient (Wildman–Crippen LogP) is 5.05. The van der Waals surface area contributed by atoms with Crippen molar-refractivity contribution in [2.75, 3.05) is 0 Å². The molecule has 0 aliphatic rings. The molecule has 0 heterocycles. The maximum Gasteiger partial charge on any atom is 0.157 e. The van der Waals surface area contributed by atoms with Crippen LogP contribution in [0.4, 0.5) is 0 Å². The number of hydrogen-bond donors (Lipinski definition) is 2. The summed E-state index contributed by atoms with van der Waals surface area (Å²) in [6.45, 7) is 10.2. The van der Waals surface area contributed by atoms with Gasteiger partial charge in [-0.2, -0.15) is 0 Å². The first-order valence-electron chi connectivity index (χ1n) is 6.84. The Morgan fingerprint density at radius 2 is 1.95 bits per heavy atom. The molecule has 0 radical (unpaired) electrons. The van der Waals surface area contributed by atoms with Gasteiger partial charge in [0.2, 0.25) is 0 Å². The van der Waals surface area contributed by atoms with Crippen LogP contribution >= 0.6 is 0 Å². The highest BCUT2D eigenvalue weighted by Gasteiger charge is 2.15. The summed E-state index contributed by atoms with van der Waals surface area (Å²) < 4.78 is 0. The summed E-state index contributed by atoms with van der Waals surface area (Å²) in [6, 6.07) is 4.81. The summed E-state index contributed by atoms with van der Waals surface area (Å²) in [5, 5.41) is 18.8. The second-order valence-electron chi connectivity index (χ2n) is 5.61. The van der Waals surface area contributed by atoms with E-state index in [9.17, 15) is 10.2 Å². The molecule has 1 aromatic rings. The average molecular weight is 272 g/mol. The van der Waals surface area contributed by atoms with E-state index in [2.05, 4.69) is 39.5 Å². The number of allylic oxidation sites excluding steroid dienone is 4. The fourth-order valence-corrected chi connectivity index (χ4v) is 1.86. The molecule has 108 valence electrons. The van der Waals surface area contributed by atoms with E-state index in [0.29, 0.717) is 0 Å². The van der Waals surface area contributed by atoms with E-state index < -0.39 is 0 Å². The van der Waals surface area contributed by atoms with Gasteiger partial charge < -0.3 is 10.2 Å². The van der Waals surface area contributed by atoms with Gasteiger partial charge in [-0.25, -0.2) is 0 Å². The number of benzene rings is 1. The Labute approximate surface area is 121 Å². The van der Waals surface area contributed by atoms with Gasteiger partial charge in [-0.1, -0.05) is 42.9 Å². The van der Waals surface area contributed by atoms with Crippen LogP contribution in [-0.2, 0) is 0 Å². The fourth-order valence-electron chi connectivity index (χ4n) is 1.86. The predicted molar refractivity (Wildman–Crippen MR) is 85.8 cm³/mol. The SMILES string of the molecule is C=CC(C)(C=Cc1ccc(O)c(O)c1)CCC=C(C)C. The van der Waals surface area contributed by atoms with Gasteiger partial charge in [-0.05, 0) is 44.4 Å². The summed E-state index contributed by atoms with van der Waals surface area (Å²) in [5.74, 6) is -0.200. The second kappa shape index (κ2) is 6.99. The highest BCUT2D eigenvalue weighted by atomic mass is 16.3. The molecule has 1 rings (SSSR count). The zero-order chi connectivity index (χ0) is 15.2. The van der Waals surface area contributed by atoms with Gasteiger partial charge in [0, 0.05) is 5.41 Å². The highest BCUT2D eigenvalue weighted by Crippen LogP contribution is 2.30. The Bertz CT molecular complexity index is 522. The van der Waals surface area contributed by atoms with Gasteiger partial charge in [0.05, 0.1) is 0 Å². The van der Waals surface area contributed by atoms with Gasteiger partial charge >= 0.3 is 0 Å². The monoisotopic (exact) mass is 272 g/mol. The summed E-state index contributed by atoms with van der Waals surface area (Å²) >= 11 is 0. The molecule has 0 saturated heterocycles. The average Bonchev–Trinajstić information content (AvgIpc) is 2.40. The lowest BCUT2D eigenvalue weighted by atomic mass is 9.84. The molecule has 1 atom stereocenters. The molecule has 0 saturated carbocycles. The number of phenolic OH excluding ortho intramolecular Hbond substituents is 2. The minimum absolute atomic E-state index is 0.0839. The molecule has 1 unspecified atom stereocenters. The maximum absolute atomic E-state index is 9.48. The molecular formula is C18H24O2. The first-order chi connectivity index (χ1) is 9.36. The van der Waals surface area contributed by atoms with Crippen LogP contribution in [0.5, 0.6) is 11.5 Å². The molecular weight excluding hydrogens is 248 g/mol. The second-order valence-corrected chi connectivity index (χ2v) is 5.61. The van der Waals surface area contributed by atoms with Crippen LogP contribution in [-0.4, -0.2) is 10.2 Å². The van der Waals surface area contributed by atoms with Gasteiger partial charge in [-0.3, -0.25) is 0 Å². The molecule has 20 heavy (non-hydrogen) atoms. The number of rotatable bonds is 6. The van der Waals surface area contributed by atoms with Crippen LogP contribution in [0.25, 0.3) is 6.08 Å². The van der Waals surface area contributed by atoms with Crippen LogP contribution in [0, 0.1) is 5.41 Å². The molecule has 0 aliphatic carbocycles. The van der Waals surface area contributed by atoms with Crippen molar-refractivity contribution < 1.29 is 10.2 Å². The molecule has 0 bridgehead atoms.